The molecule has 0 spiro atoms. The molecule has 2 heterocycles. The molecule has 2 aromatic rings. The van der Waals surface area contributed by atoms with Gasteiger partial charge < -0.3 is 25.0 Å². The zero-order valence-corrected chi connectivity index (χ0v) is 23.2. The highest BCUT2D eigenvalue weighted by atomic mass is 16.5. The maximum absolute atomic E-state index is 13.6. The lowest BCUT2D eigenvalue weighted by molar-refractivity contribution is -0.187. The predicted molar refractivity (Wildman–Crippen MR) is 147 cm³/mol. The number of nitrogens with one attached hydrogen (secondary N) is 1. The fourth-order valence-electron chi connectivity index (χ4n) is 5.40. The molecule has 0 aromatic heterocycles. The van der Waals surface area contributed by atoms with E-state index in [1.165, 1.54) is 9.91 Å². The van der Waals surface area contributed by atoms with Crippen molar-refractivity contribution < 1.29 is 29.0 Å². The Morgan fingerprint density at radius 2 is 1.85 bits per heavy atom. The monoisotopic (exact) mass is 551 g/mol. The van der Waals surface area contributed by atoms with Crippen molar-refractivity contribution in [2.24, 2.45) is 0 Å². The van der Waals surface area contributed by atoms with Crippen LogP contribution in [0.2, 0.25) is 0 Å². The lowest BCUT2D eigenvalue weighted by atomic mass is 10.0. The van der Waals surface area contributed by atoms with E-state index in [1.54, 1.807) is 24.1 Å². The Morgan fingerprint density at radius 3 is 2.52 bits per heavy atom. The van der Waals surface area contributed by atoms with E-state index in [4.69, 9.17) is 4.74 Å². The number of carboxylic acid groups (broad SMARTS) is 1. The largest absolute Gasteiger partial charge is 0.496 e. The second-order valence-electron chi connectivity index (χ2n) is 10.1. The predicted octanol–water partition coefficient (Wildman–Crippen LogP) is 2.10. The number of hydrogen-bond donors (Lipinski definition) is 2. The summed E-state index contributed by atoms with van der Waals surface area (Å²) < 4.78 is 5.51. The number of carbonyl (C=O) groups excluding carboxylic acids is 3. The van der Waals surface area contributed by atoms with Crippen molar-refractivity contribution >= 4 is 23.8 Å². The van der Waals surface area contributed by atoms with Crippen LogP contribution >= 0.6 is 0 Å². The molecular formula is C29H37N5O6. The maximum atomic E-state index is 13.6. The SMILES string of the molecule is CCc1ccc(CCN2C[C@H]3N(C(=O)CN(C)N3C(=O)NCc3ccccc3)[C@@H](CCC(=O)O)C2=O)cc1OC. The Kier molecular flexibility index (Phi) is 9.26. The topological polar surface area (TPSA) is 123 Å². The molecule has 11 heteroatoms. The van der Waals surface area contributed by atoms with Gasteiger partial charge in [0, 0.05) is 26.6 Å². The van der Waals surface area contributed by atoms with E-state index in [1.807, 2.05) is 48.5 Å². The molecule has 0 saturated carbocycles. The first-order valence-electron chi connectivity index (χ1n) is 13.5. The van der Waals surface area contributed by atoms with Crippen molar-refractivity contribution in [2.75, 3.05) is 33.8 Å². The van der Waals surface area contributed by atoms with Crippen LogP contribution in [-0.2, 0) is 33.8 Å². The van der Waals surface area contributed by atoms with E-state index in [0.717, 1.165) is 28.9 Å². The van der Waals surface area contributed by atoms with Crippen LogP contribution in [0.3, 0.4) is 0 Å². The van der Waals surface area contributed by atoms with Crippen molar-refractivity contribution in [3.05, 3.63) is 65.2 Å². The van der Waals surface area contributed by atoms with Gasteiger partial charge in [-0.05, 0) is 42.0 Å². The van der Waals surface area contributed by atoms with Gasteiger partial charge >= 0.3 is 12.0 Å². The highest BCUT2D eigenvalue weighted by molar-refractivity contribution is 5.91. The summed E-state index contributed by atoms with van der Waals surface area (Å²) in [7, 11) is 3.29. The number of likely N-dealkylation sites (N-methyl/N-ethyl adjacent to an activating group) is 1. The molecule has 2 fully saturated rings. The van der Waals surface area contributed by atoms with Crippen molar-refractivity contribution in [2.45, 2.75) is 51.4 Å². The summed E-state index contributed by atoms with van der Waals surface area (Å²) in [4.78, 5) is 54.7. The van der Waals surface area contributed by atoms with E-state index >= 15 is 0 Å². The molecule has 2 saturated heterocycles. The minimum absolute atomic E-state index is 0.0326. The summed E-state index contributed by atoms with van der Waals surface area (Å²) in [6, 6.07) is 14.1. The molecule has 4 rings (SSSR count). The Labute approximate surface area is 234 Å². The van der Waals surface area contributed by atoms with Gasteiger partial charge in [-0.25, -0.2) is 14.8 Å². The molecule has 2 aliphatic heterocycles. The normalized spacial score (nSPS) is 19.4. The van der Waals surface area contributed by atoms with E-state index in [2.05, 4.69) is 12.2 Å². The number of amides is 4. The molecular weight excluding hydrogens is 514 g/mol. The lowest BCUT2D eigenvalue weighted by Crippen LogP contribution is -2.76. The van der Waals surface area contributed by atoms with Crippen molar-refractivity contribution in [1.82, 2.24) is 25.1 Å². The van der Waals surface area contributed by atoms with Crippen molar-refractivity contribution in [3.63, 3.8) is 0 Å². The number of ether oxygens (including phenoxy) is 1. The molecule has 2 aromatic carbocycles. The van der Waals surface area contributed by atoms with Crippen molar-refractivity contribution in [3.8, 4) is 5.75 Å². The Bertz CT molecular complexity index is 1240. The Hall–Kier alpha value is -4.12. The van der Waals surface area contributed by atoms with E-state index in [9.17, 15) is 24.3 Å². The van der Waals surface area contributed by atoms with Crippen LogP contribution in [0.5, 0.6) is 5.75 Å². The van der Waals surface area contributed by atoms with Crippen LogP contribution in [0.4, 0.5) is 4.79 Å². The highest BCUT2D eigenvalue weighted by Crippen LogP contribution is 2.28. The van der Waals surface area contributed by atoms with Gasteiger partial charge in [-0.2, -0.15) is 0 Å². The summed E-state index contributed by atoms with van der Waals surface area (Å²) in [6.07, 6.45) is 0.298. The lowest BCUT2D eigenvalue weighted by Gasteiger charge is -2.54. The number of methoxy groups -OCH3 is 1. The third-order valence-electron chi connectivity index (χ3n) is 7.47. The van der Waals surface area contributed by atoms with Crippen molar-refractivity contribution in [1.29, 1.82) is 0 Å². The zero-order valence-electron chi connectivity index (χ0n) is 23.2. The zero-order chi connectivity index (χ0) is 28.8. The molecule has 2 aliphatic rings. The van der Waals surface area contributed by atoms with Gasteiger partial charge in [0.05, 0.1) is 20.2 Å². The molecule has 11 nitrogen and oxygen atoms in total. The average molecular weight is 552 g/mol. The number of benzene rings is 2. The van der Waals surface area contributed by atoms with Gasteiger partial charge in [0.15, 0.2) is 0 Å². The van der Waals surface area contributed by atoms with Gasteiger partial charge in [-0.3, -0.25) is 14.4 Å². The summed E-state index contributed by atoms with van der Waals surface area (Å²) in [6.45, 7) is 2.71. The maximum Gasteiger partial charge on any atom is 0.334 e. The van der Waals surface area contributed by atoms with Crippen LogP contribution < -0.4 is 10.1 Å². The number of hydrazine groups is 1. The van der Waals surface area contributed by atoms with Crippen LogP contribution in [0, 0.1) is 0 Å². The molecule has 2 atom stereocenters. The number of carbonyl (C=O) groups is 4. The quantitative estimate of drug-likeness (QED) is 0.464. The first-order chi connectivity index (χ1) is 19.2. The summed E-state index contributed by atoms with van der Waals surface area (Å²) >= 11 is 0. The number of aryl methyl sites for hydroxylation is 1. The first-order valence-corrected chi connectivity index (χ1v) is 13.5. The molecule has 0 bridgehead atoms. The minimum Gasteiger partial charge on any atom is -0.496 e. The molecule has 4 amide bonds. The van der Waals surface area contributed by atoms with Gasteiger partial charge in [0.25, 0.3) is 0 Å². The number of fused-ring (bicyclic) bond motifs is 1. The molecule has 214 valence electrons. The third kappa shape index (κ3) is 6.36. The van der Waals surface area contributed by atoms with E-state index in [0.29, 0.717) is 19.5 Å². The molecule has 0 aliphatic carbocycles. The fourth-order valence-corrected chi connectivity index (χ4v) is 5.40. The number of hydrogen-bond acceptors (Lipinski definition) is 6. The summed E-state index contributed by atoms with van der Waals surface area (Å²) in [5.41, 5.74) is 3.00. The summed E-state index contributed by atoms with van der Waals surface area (Å²) in [5.74, 6) is -0.889. The number of aliphatic carboxylic acids is 1. The third-order valence-corrected chi connectivity index (χ3v) is 7.47. The number of piperazine rings is 1. The first kappa shape index (κ1) is 28.9. The molecule has 40 heavy (non-hydrogen) atoms. The van der Waals surface area contributed by atoms with Crippen LogP contribution in [0.15, 0.2) is 48.5 Å². The van der Waals surface area contributed by atoms with Gasteiger partial charge in [0.1, 0.15) is 18.0 Å². The number of rotatable bonds is 10. The van der Waals surface area contributed by atoms with E-state index in [-0.39, 0.29) is 37.7 Å². The van der Waals surface area contributed by atoms with Crippen LogP contribution in [0.25, 0.3) is 0 Å². The smallest absolute Gasteiger partial charge is 0.334 e. The number of nitrogens with zero attached hydrogens (tertiary/aromatic N) is 4. The molecule has 0 radical (unpaired) electrons. The fraction of sp³-hybridized carbons (Fsp3) is 0.448. The number of carboxylic acids is 1. The van der Waals surface area contributed by atoms with Gasteiger partial charge in [-0.1, -0.05) is 49.4 Å². The van der Waals surface area contributed by atoms with Gasteiger partial charge in [0.2, 0.25) is 11.8 Å². The second-order valence-corrected chi connectivity index (χ2v) is 10.1. The average Bonchev–Trinajstić information content (AvgIpc) is 2.94. The molecule has 0 unspecified atom stereocenters. The van der Waals surface area contributed by atoms with Crippen LogP contribution in [0.1, 0.15) is 36.5 Å². The Morgan fingerprint density at radius 1 is 1.10 bits per heavy atom. The second kappa shape index (κ2) is 12.8. The van der Waals surface area contributed by atoms with E-state index < -0.39 is 24.2 Å². The Balaban J connectivity index is 1.57. The van der Waals surface area contributed by atoms with Gasteiger partial charge in [-0.15, -0.1) is 0 Å². The van der Waals surface area contributed by atoms with Crippen LogP contribution in [-0.4, -0.2) is 94.7 Å². The minimum atomic E-state index is -1.05. The molecule has 2 N–H and O–H groups in total. The number of urea groups is 1. The highest BCUT2D eigenvalue weighted by Gasteiger charge is 2.50. The standard InChI is InChI=1S/C29H37N5O6/c1-4-22-11-10-20(16-24(22)40-3)14-15-32-18-25-33(23(28(32)38)12-13-27(36)37)26(35)19-31(2)34(25)29(39)30-17-21-8-6-5-7-9-21/h5-11,16,23,25H,4,12-15,17-19H2,1-3H3,(H,30,39)(H,36,37)/t23-,25-/m0/s1. The summed E-state index contributed by atoms with van der Waals surface area (Å²) in [5, 5.41) is 15.3.